The van der Waals surface area contributed by atoms with E-state index in [-0.39, 0.29) is 0 Å². The summed E-state index contributed by atoms with van der Waals surface area (Å²) in [6.45, 7) is 3.97. The fraction of sp³-hybridized carbons (Fsp3) is 0.471. The Balaban J connectivity index is 2.00. The zero-order valence-electron chi connectivity index (χ0n) is 14.1. The van der Waals surface area contributed by atoms with Crippen LogP contribution >= 0.6 is 0 Å². The molecule has 6 heteroatoms. The van der Waals surface area contributed by atoms with Crippen LogP contribution in [0.5, 0.6) is 5.75 Å². The van der Waals surface area contributed by atoms with Crippen molar-refractivity contribution in [3.63, 3.8) is 0 Å². The first-order valence-electron chi connectivity index (χ1n) is 7.82. The molecule has 2 N–H and O–H groups in total. The summed E-state index contributed by atoms with van der Waals surface area (Å²) in [4.78, 5) is 2.27. The van der Waals surface area contributed by atoms with Crippen LogP contribution in [-0.4, -0.2) is 62.6 Å². The number of nitrogens with one attached hydrogen (secondary N) is 2. The summed E-state index contributed by atoms with van der Waals surface area (Å²) in [7, 11) is 5.74. The summed E-state index contributed by atoms with van der Waals surface area (Å²) in [5.74, 6) is 0.845. The molecule has 1 aromatic heterocycles. The second kappa shape index (κ2) is 9.29. The number of hydrogen-bond acceptors (Lipinski definition) is 5. The molecule has 1 heterocycles. The standard InChI is InChI=1S/C17H26N4O2/c1-18-8-9-21(2)13-15-12-19-20-17(15)14-4-6-16(7-5-14)23-11-10-22-3/h4-7,12,18H,8-11,13H2,1-3H3,(H,19,20). The van der Waals surface area contributed by atoms with E-state index in [9.17, 15) is 0 Å². The van der Waals surface area contributed by atoms with Gasteiger partial charge in [-0.05, 0) is 38.4 Å². The van der Waals surface area contributed by atoms with Crippen molar-refractivity contribution in [2.24, 2.45) is 0 Å². The molecule has 0 saturated heterocycles. The van der Waals surface area contributed by atoms with Gasteiger partial charge in [-0.2, -0.15) is 5.10 Å². The highest BCUT2D eigenvalue weighted by atomic mass is 16.5. The molecule has 0 saturated carbocycles. The van der Waals surface area contributed by atoms with Crippen LogP contribution in [0.25, 0.3) is 11.3 Å². The Hall–Kier alpha value is -1.89. The maximum atomic E-state index is 5.59. The summed E-state index contributed by atoms with van der Waals surface area (Å²) in [6.07, 6.45) is 1.90. The summed E-state index contributed by atoms with van der Waals surface area (Å²) in [5.41, 5.74) is 3.36. The van der Waals surface area contributed by atoms with Gasteiger partial charge in [0.1, 0.15) is 12.4 Å². The lowest BCUT2D eigenvalue weighted by molar-refractivity contribution is 0.146. The molecule has 0 amide bonds. The number of aromatic nitrogens is 2. The molecule has 0 aliphatic heterocycles. The molecule has 1 aromatic carbocycles. The number of nitrogens with zero attached hydrogens (tertiary/aromatic N) is 2. The van der Waals surface area contributed by atoms with Crippen molar-refractivity contribution in [2.45, 2.75) is 6.54 Å². The second-order valence-electron chi connectivity index (χ2n) is 5.48. The Morgan fingerprint density at radius 1 is 1.22 bits per heavy atom. The molecule has 23 heavy (non-hydrogen) atoms. The maximum Gasteiger partial charge on any atom is 0.119 e. The van der Waals surface area contributed by atoms with E-state index in [1.807, 2.05) is 37.5 Å². The number of likely N-dealkylation sites (N-methyl/N-ethyl adjacent to an activating group) is 2. The lowest BCUT2D eigenvalue weighted by atomic mass is 10.1. The minimum Gasteiger partial charge on any atom is -0.491 e. The van der Waals surface area contributed by atoms with Gasteiger partial charge in [-0.25, -0.2) is 0 Å². The van der Waals surface area contributed by atoms with E-state index in [1.54, 1.807) is 7.11 Å². The fourth-order valence-electron chi connectivity index (χ4n) is 2.31. The number of hydrogen-bond donors (Lipinski definition) is 2. The maximum absolute atomic E-state index is 5.59. The van der Waals surface area contributed by atoms with Crippen molar-refractivity contribution in [1.82, 2.24) is 20.4 Å². The van der Waals surface area contributed by atoms with Gasteiger partial charge in [0.2, 0.25) is 0 Å². The fourth-order valence-corrected chi connectivity index (χ4v) is 2.31. The molecule has 0 bridgehead atoms. The van der Waals surface area contributed by atoms with Gasteiger partial charge in [0.15, 0.2) is 0 Å². The molecule has 0 radical (unpaired) electrons. The Kier molecular flexibility index (Phi) is 7.06. The highest BCUT2D eigenvalue weighted by Gasteiger charge is 2.10. The van der Waals surface area contributed by atoms with Crippen molar-refractivity contribution in [3.05, 3.63) is 36.0 Å². The highest BCUT2D eigenvalue weighted by Crippen LogP contribution is 2.24. The van der Waals surface area contributed by atoms with E-state index in [0.717, 1.165) is 36.6 Å². The molecule has 0 unspecified atom stereocenters. The van der Waals surface area contributed by atoms with Crippen LogP contribution in [0.2, 0.25) is 0 Å². The lowest BCUT2D eigenvalue weighted by Crippen LogP contribution is -2.26. The van der Waals surface area contributed by atoms with E-state index < -0.39 is 0 Å². The quantitative estimate of drug-likeness (QED) is 0.654. The average Bonchev–Trinajstić information content (AvgIpc) is 3.02. The second-order valence-corrected chi connectivity index (χ2v) is 5.48. The normalized spacial score (nSPS) is 11.1. The summed E-state index contributed by atoms with van der Waals surface area (Å²) >= 11 is 0. The molecule has 6 nitrogen and oxygen atoms in total. The van der Waals surface area contributed by atoms with Crippen molar-refractivity contribution in [1.29, 1.82) is 0 Å². The first-order chi connectivity index (χ1) is 11.2. The largest absolute Gasteiger partial charge is 0.491 e. The highest BCUT2D eigenvalue weighted by molar-refractivity contribution is 5.63. The molecule has 2 rings (SSSR count). The molecular formula is C17H26N4O2. The minimum absolute atomic E-state index is 0.557. The van der Waals surface area contributed by atoms with Gasteiger partial charge in [0.05, 0.1) is 18.5 Å². The predicted molar refractivity (Wildman–Crippen MR) is 91.7 cm³/mol. The number of rotatable bonds is 10. The van der Waals surface area contributed by atoms with Crippen molar-refractivity contribution < 1.29 is 9.47 Å². The van der Waals surface area contributed by atoms with Crippen LogP contribution in [0.3, 0.4) is 0 Å². The van der Waals surface area contributed by atoms with E-state index >= 15 is 0 Å². The van der Waals surface area contributed by atoms with Crippen LogP contribution < -0.4 is 10.1 Å². The van der Waals surface area contributed by atoms with Gasteiger partial charge >= 0.3 is 0 Å². The first-order valence-corrected chi connectivity index (χ1v) is 7.82. The van der Waals surface area contributed by atoms with Crippen molar-refractivity contribution in [3.8, 4) is 17.0 Å². The van der Waals surface area contributed by atoms with Crippen LogP contribution in [0, 0.1) is 0 Å². The SMILES string of the molecule is CNCCN(C)Cc1cn[nH]c1-c1ccc(OCCOC)cc1. The predicted octanol–water partition coefficient (Wildman–Crippen LogP) is 1.75. The topological polar surface area (TPSA) is 62.4 Å². The van der Waals surface area contributed by atoms with Gasteiger partial charge in [0.25, 0.3) is 0 Å². The molecule has 0 aliphatic rings. The molecule has 0 aliphatic carbocycles. The monoisotopic (exact) mass is 318 g/mol. The van der Waals surface area contributed by atoms with Crippen LogP contribution in [0.4, 0.5) is 0 Å². The van der Waals surface area contributed by atoms with Gasteiger partial charge in [0, 0.05) is 37.9 Å². The molecule has 126 valence electrons. The average molecular weight is 318 g/mol. The van der Waals surface area contributed by atoms with Crippen LogP contribution in [0.15, 0.2) is 30.5 Å². The zero-order valence-corrected chi connectivity index (χ0v) is 14.1. The zero-order chi connectivity index (χ0) is 16.5. The van der Waals surface area contributed by atoms with Gasteiger partial charge in [-0.15, -0.1) is 0 Å². The smallest absolute Gasteiger partial charge is 0.119 e. The number of H-pyrrole nitrogens is 1. The van der Waals surface area contributed by atoms with Gasteiger partial charge in [-0.1, -0.05) is 0 Å². The summed E-state index contributed by atoms with van der Waals surface area (Å²) in [5, 5.41) is 10.5. The Labute approximate surface area is 137 Å². The van der Waals surface area contributed by atoms with E-state index in [1.165, 1.54) is 5.56 Å². The van der Waals surface area contributed by atoms with E-state index in [2.05, 4.69) is 27.5 Å². The van der Waals surface area contributed by atoms with Crippen molar-refractivity contribution in [2.75, 3.05) is 47.5 Å². The van der Waals surface area contributed by atoms with E-state index in [0.29, 0.717) is 13.2 Å². The van der Waals surface area contributed by atoms with Gasteiger partial charge in [-0.3, -0.25) is 5.10 Å². The third-order valence-corrected chi connectivity index (χ3v) is 3.60. The molecule has 0 spiro atoms. The Morgan fingerprint density at radius 3 is 2.70 bits per heavy atom. The first kappa shape index (κ1) is 17.5. The molecule has 0 fully saturated rings. The Bertz CT molecular complexity index is 568. The number of aromatic amines is 1. The number of benzene rings is 1. The minimum atomic E-state index is 0.557. The van der Waals surface area contributed by atoms with E-state index in [4.69, 9.17) is 9.47 Å². The lowest BCUT2D eigenvalue weighted by Gasteiger charge is -2.16. The third-order valence-electron chi connectivity index (χ3n) is 3.60. The van der Waals surface area contributed by atoms with Crippen LogP contribution in [-0.2, 0) is 11.3 Å². The summed E-state index contributed by atoms with van der Waals surface area (Å²) < 4.78 is 10.6. The van der Waals surface area contributed by atoms with Crippen LogP contribution in [0.1, 0.15) is 5.56 Å². The third kappa shape index (κ3) is 5.35. The molecular weight excluding hydrogens is 292 g/mol. The number of ether oxygens (including phenoxy) is 2. The van der Waals surface area contributed by atoms with Crippen molar-refractivity contribution >= 4 is 0 Å². The van der Waals surface area contributed by atoms with Gasteiger partial charge < -0.3 is 19.7 Å². The molecule has 2 aromatic rings. The summed E-state index contributed by atoms with van der Waals surface area (Å²) in [6, 6.07) is 8.04. The Morgan fingerprint density at radius 2 is 2.00 bits per heavy atom. The molecule has 0 atom stereocenters. The number of methoxy groups -OCH3 is 1.